The molecule has 0 heterocycles. The summed E-state index contributed by atoms with van der Waals surface area (Å²) in [5, 5.41) is 31.4. The topological polar surface area (TPSA) is 205 Å². The van der Waals surface area contributed by atoms with E-state index in [0.29, 0.717) is 25.0 Å². The van der Waals surface area contributed by atoms with E-state index in [1.165, 1.54) is 18.9 Å². The summed E-state index contributed by atoms with van der Waals surface area (Å²) < 4.78 is 5.15. The first-order valence-corrected chi connectivity index (χ1v) is 16.0. The number of nitrogens with two attached hydrogens (primary N) is 1. The highest BCUT2D eigenvalue weighted by molar-refractivity contribution is 8.00. The van der Waals surface area contributed by atoms with Gasteiger partial charge in [0, 0.05) is 36.3 Å². The molecule has 0 aliphatic rings. The molecule has 0 saturated carbocycles. The molecule has 1 aromatic rings. The van der Waals surface area contributed by atoms with Crippen LogP contribution in [-0.2, 0) is 30.4 Å². The first-order valence-electron chi connectivity index (χ1n) is 14.9. The SMILES string of the molecule is CCCCCC(CC(=O)CCc1ccc(O)c(OC)c1)SCC(NC(=O)CCC(N)C(=O)O)C(=O)NC(C)C(C)C.O=CO. The Bertz CT molecular complexity index is 1040. The van der Waals surface area contributed by atoms with Crippen molar-refractivity contribution in [1.82, 2.24) is 10.6 Å². The molecule has 0 aliphatic heterocycles. The number of methoxy groups -OCH3 is 1. The van der Waals surface area contributed by atoms with Gasteiger partial charge in [0.1, 0.15) is 17.9 Å². The van der Waals surface area contributed by atoms with Crippen LogP contribution in [-0.4, -0.2) is 81.6 Å². The van der Waals surface area contributed by atoms with Crippen molar-refractivity contribution in [3.8, 4) is 11.5 Å². The van der Waals surface area contributed by atoms with E-state index in [4.69, 9.17) is 25.5 Å². The van der Waals surface area contributed by atoms with Crippen LogP contribution in [0, 0.1) is 5.92 Å². The molecule has 0 bridgehead atoms. The summed E-state index contributed by atoms with van der Waals surface area (Å²) in [6.45, 7) is 7.74. The van der Waals surface area contributed by atoms with E-state index in [1.54, 1.807) is 18.2 Å². The third-order valence-electron chi connectivity index (χ3n) is 7.04. The third-order valence-corrected chi connectivity index (χ3v) is 8.44. The van der Waals surface area contributed by atoms with E-state index >= 15 is 0 Å². The van der Waals surface area contributed by atoms with Crippen molar-refractivity contribution in [1.29, 1.82) is 0 Å². The van der Waals surface area contributed by atoms with Gasteiger partial charge in [0.05, 0.1) is 7.11 Å². The molecule has 12 nitrogen and oxygen atoms in total. The number of carbonyl (C=O) groups is 5. The number of thioether (sulfide) groups is 1. The second-order valence-electron chi connectivity index (χ2n) is 11.0. The molecule has 13 heteroatoms. The number of carboxylic acid groups (broad SMARTS) is 2. The average molecular weight is 642 g/mol. The molecule has 0 aromatic heterocycles. The van der Waals surface area contributed by atoms with Gasteiger partial charge in [0.15, 0.2) is 11.5 Å². The number of hydrogen-bond acceptors (Lipinski definition) is 9. The zero-order valence-corrected chi connectivity index (χ0v) is 27.4. The van der Waals surface area contributed by atoms with Crippen molar-refractivity contribution in [3.63, 3.8) is 0 Å². The highest BCUT2D eigenvalue weighted by atomic mass is 32.2. The quantitative estimate of drug-likeness (QED) is 0.0846. The normalized spacial score (nSPS) is 13.4. The fourth-order valence-corrected chi connectivity index (χ4v) is 5.30. The fraction of sp³-hybridized carbons (Fsp3) is 0.645. The van der Waals surface area contributed by atoms with Crippen molar-refractivity contribution in [3.05, 3.63) is 23.8 Å². The number of ether oxygens (including phenoxy) is 1. The molecule has 0 fully saturated rings. The standard InChI is InChI=1S/C30H49N3O7S.CH2O2/c1-6-7-8-9-23(17-22(34)12-10-21-11-14-26(35)27(16-21)40-5)41-18-25(29(37)32-20(4)19(2)3)33-28(36)15-13-24(31)30(38)39;2-1-3/h11,14,16,19-20,23-25,35H,6-10,12-13,15,17-18,31H2,1-5H3,(H,32,37)(H,33,36)(H,38,39);1H,(H,2,3). The fourth-order valence-electron chi connectivity index (χ4n) is 3.97. The summed E-state index contributed by atoms with van der Waals surface area (Å²) in [5.41, 5.74) is 6.42. The smallest absolute Gasteiger partial charge is 0.320 e. The molecule has 0 saturated heterocycles. The van der Waals surface area contributed by atoms with Crippen LogP contribution < -0.4 is 21.1 Å². The average Bonchev–Trinajstić information content (AvgIpc) is 2.97. The number of hydrogen-bond donors (Lipinski definition) is 6. The molecular formula is C31H51N3O9S. The molecule has 4 unspecified atom stereocenters. The highest BCUT2D eigenvalue weighted by Gasteiger charge is 2.26. The number of Topliss-reactive ketones (excluding diaryl/α,β-unsaturated/α-hetero) is 1. The van der Waals surface area contributed by atoms with Crippen LogP contribution in [0.4, 0.5) is 0 Å². The minimum Gasteiger partial charge on any atom is -0.504 e. The summed E-state index contributed by atoms with van der Waals surface area (Å²) in [5.74, 6) is -0.933. The lowest BCUT2D eigenvalue weighted by atomic mass is 10.0. The van der Waals surface area contributed by atoms with Crippen molar-refractivity contribution >= 4 is 41.8 Å². The Balaban J connectivity index is 0.00000590. The number of carbonyl (C=O) groups excluding carboxylic acids is 3. The summed E-state index contributed by atoms with van der Waals surface area (Å²) in [7, 11) is 1.48. The molecule has 0 aliphatic carbocycles. The predicted molar refractivity (Wildman–Crippen MR) is 171 cm³/mol. The first-order chi connectivity index (χ1) is 20.8. The van der Waals surface area contributed by atoms with Crippen LogP contribution in [0.3, 0.4) is 0 Å². The number of ketones is 1. The number of phenolic OH excluding ortho intramolecular Hbond substituents is 1. The third kappa shape index (κ3) is 17.7. The van der Waals surface area contributed by atoms with E-state index in [1.807, 2.05) is 20.8 Å². The van der Waals surface area contributed by atoms with E-state index in [0.717, 1.165) is 31.2 Å². The van der Waals surface area contributed by atoms with Crippen molar-refractivity contribution in [2.75, 3.05) is 12.9 Å². The maximum atomic E-state index is 13.1. The number of phenols is 1. The number of amides is 2. The van der Waals surface area contributed by atoms with Gasteiger partial charge >= 0.3 is 5.97 Å². The second kappa shape index (κ2) is 23.1. The lowest BCUT2D eigenvalue weighted by molar-refractivity contribution is -0.139. The first kappa shape index (κ1) is 40.7. The van der Waals surface area contributed by atoms with Gasteiger partial charge in [0.25, 0.3) is 6.47 Å². The Labute approximate surface area is 264 Å². The van der Waals surface area contributed by atoms with Crippen LogP contribution in [0.25, 0.3) is 0 Å². The number of benzene rings is 1. The van der Waals surface area contributed by atoms with Gasteiger partial charge in [-0.15, -0.1) is 0 Å². The number of rotatable bonds is 21. The molecule has 7 N–H and O–H groups in total. The molecule has 1 aromatic carbocycles. The van der Waals surface area contributed by atoms with Crippen LogP contribution in [0.2, 0.25) is 0 Å². The molecule has 1 rings (SSSR count). The predicted octanol–water partition coefficient (Wildman–Crippen LogP) is 3.51. The Kier molecular flexibility index (Phi) is 21.4. The van der Waals surface area contributed by atoms with Gasteiger partial charge in [-0.25, -0.2) is 0 Å². The van der Waals surface area contributed by atoms with Crippen molar-refractivity contribution in [2.45, 2.75) is 109 Å². The van der Waals surface area contributed by atoms with Gasteiger partial charge in [-0.3, -0.25) is 24.0 Å². The van der Waals surface area contributed by atoms with Gasteiger partial charge in [-0.05, 0) is 49.8 Å². The maximum Gasteiger partial charge on any atom is 0.320 e. The molecule has 4 atom stereocenters. The Hall–Kier alpha value is -3.32. The van der Waals surface area contributed by atoms with Crippen LogP contribution in [0.5, 0.6) is 11.5 Å². The zero-order chi connectivity index (χ0) is 33.7. The summed E-state index contributed by atoms with van der Waals surface area (Å²) in [6, 6.07) is 2.96. The van der Waals surface area contributed by atoms with E-state index in [9.17, 15) is 24.3 Å². The minimum absolute atomic E-state index is 0.0152. The van der Waals surface area contributed by atoms with E-state index in [2.05, 4.69) is 17.6 Å². The molecule has 44 heavy (non-hydrogen) atoms. The molecular weight excluding hydrogens is 590 g/mol. The molecule has 250 valence electrons. The van der Waals surface area contributed by atoms with E-state index in [-0.39, 0.29) is 59.7 Å². The van der Waals surface area contributed by atoms with Gasteiger partial charge in [0.2, 0.25) is 11.8 Å². The lowest BCUT2D eigenvalue weighted by Crippen LogP contribution is -2.51. The summed E-state index contributed by atoms with van der Waals surface area (Å²) in [6.07, 6.45) is 4.92. The van der Waals surface area contributed by atoms with E-state index < -0.39 is 24.0 Å². The van der Waals surface area contributed by atoms with Crippen LogP contribution >= 0.6 is 11.8 Å². The number of aryl methyl sites for hydroxylation is 1. The monoisotopic (exact) mass is 641 g/mol. The largest absolute Gasteiger partial charge is 0.504 e. The minimum atomic E-state index is -1.18. The Morgan fingerprint density at radius 3 is 2.30 bits per heavy atom. The summed E-state index contributed by atoms with van der Waals surface area (Å²) in [4.78, 5) is 58.0. The van der Waals surface area contributed by atoms with Crippen molar-refractivity contribution in [2.24, 2.45) is 11.7 Å². The van der Waals surface area contributed by atoms with Crippen LogP contribution in [0.1, 0.15) is 84.6 Å². The Morgan fingerprint density at radius 1 is 1.07 bits per heavy atom. The molecule has 0 radical (unpaired) electrons. The summed E-state index contributed by atoms with van der Waals surface area (Å²) >= 11 is 1.50. The number of unbranched alkanes of at least 4 members (excludes halogenated alkanes) is 2. The number of aliphatic carboxylic acids is 1. The van der Waals surface area contributed by atoms with Crippen molar-refractivity contribution < 1.29 is 44.0 Å². The second-order valence-corrected chi connectivity index (χ2v) is 12.3. The Morgan fingerprint density at radius 2 is 1.73 bits per heavy atom. The molecule has 0 spiro atoms. The number of aromatic hydroxyl groups is 1. The number of carboxylic acids is 1. The molecule has 2 amide bonds. The maximum absolute atomic E-state index is 13.1. The van der Waals surface area contributed by atoms with Crippen LogP contribution in [0.15, 0.2) is 18.2 Å². The lowest BCUT2D eigenvalue weighted by Gasteiger charge is -2.25. The van der Waals surface area contributed by atoms with Gasteiger partial charge in [-0.2, -0.15) is 11.8 Å². The van der Waals surface area contributed by atoms with Gasteiger partial charge < -0.3 is 36.4 Å². The number of nitrogens with one attached hydrogen (secondary N) is 2. The highest BCUT2D eigenvalue weighted by Crippen LogP contribution is 2.28. The zero-order valence-electron chi connectivity index (χ0n) is 26.5. The van der Waals surface area contributed by atoms with Gasteiger partial charge in [-0.1, -0.05) is 46.1 Å².